The van der Waals surface area contributed by atoms with Gasteiger partial charge in [0.05, 0.1) is 23.1 Å². The number of nitrogens with one attached hydrogen (secondary N) is 1. The minimum absolute atomic E-state index is 0.00436. The van der Waals surface area contributed by atoms with Gasteiger partial charge in [-0.25, -0.2) is 8.42 Å². The number of nitriles is 1. The van der Waals surface area contributed by atoms with Crippen LogP contribution >= 0.6 is 0 Å². The molecule has 1 atom stereocenters. The van der Waals surface area contributed by atoms with Crippen LogP contribution in [0.5, 0.6) is 5.75 Å². The highest BCUT2D eigenvalue weighted by atomic mass is 32.2. The van der Waals surface area contributed by atoms with E-state index in [2.05, 4.69) is 5.32 Å². The number of ether oxygens (including phenoxy) is 1. The maximum atomic E-state index is 11.6. The molecule has 0 aliphatic carbocycles. The molecule has 2 rings (SSSR count). The van der Waals surface area contributed by atoms with Crippen LogP contribution in [-0.4, -0.2) is 38.5 Å². The Kier molecular flexibility index (Phi) is 4.25. The first kappa shape index (κ1) is 14.3. The van der Waals surface area contributed by atoms with E-state index in [1.807, 2.05) is 6.07 Å². The standard InChI is InChI=1S/C13H14N2O4S/c14-7-10-1-3-12(4-2-10)19-8-13(16)15-11-5-6-20(17,18)9-11/h1-4,11H,5-6,8-9H2,(H,15,16)/t11-/m0/s1. The molecule has 0 bridgehead atoms. The van der Waals surface area contributed by atoms with Gasteiger partial charge in [0.25, 0.3) is 5.91 Å². The van der Waals surface area contributed by atoms with E-state index in [1.54, 1.807) is 24.3 Å². The summed E-state index contributed by atoms with van der Waals surface area (Å²) in [5.41, 5.74) is 0.512. The molecule has 1 aliphatic heterocycles. The molecule has 0 saturated carbocycles. The van der Waals surface area contributed by atoms with Crippen LogP contribution in [0.3, 0.4) is 0 Å². The van der Waals surface area contributed by atoms with E-state index in [9.17, 15) is 13.2 Å². The molecule has 0 spiro atoms. The third kappa shape index (κ3) is 3.96. The Hall–Kier alpha value is -2.07. The maximum Gasteiger partial charge on any atom is 0.258 e. The fraction of sp³-hybridized carbons (Fsp3) is 0.385. The van der Waals surface area contributed by atoms with E-state index in [4.69, 9.17) is 10.00 Å². The highest BCUT2D eigenvalue weighted by Gasteiger charge is 2.28. The van der Waals surface area contributed by atoms with Gasteiger partial charge in [0.15, 0.2) is 16.4 Å². The van der Waals surface area contributed by atoms with Crippen molar-refractivity contribution < 1.29 is 17.9 Å². The van der Waals surface area contributed by atoms with Gasteiger partial charge in [0, 0.05) is 6.04 Å². The number of carbonyl (C=O) groups is 1. The Bertz CT molecular complexity index is 631. The Balaban J connectivity index is 1.79. The molecule has 1 amide bonds. The predicted octanol–water partition coefficient (Wildman–Crippen LogP) is 0.240. The van der Waals surface area contributed by atoms with Gasteiger partial charge in [0.1, 0.15) is 5.75 Å². The van der Waals surface area contributed by atoms with Crippen LogP contribution in [0.25, 0.3) is 0 Å². The van der Waals surface area contributed by atoms with Crippen LogP contribution in [-0.2, 0) is 14.6 Å². The molecule has 0 aromatic heterocycles. The van der Waals surface area contributed by atoms with Crippen molar-refractivity contribution in [2.24, 2.45) is 0 Å². The van der Waals surface area contributed by atoms with Crippen LogP contribution < -0.4 is 10.1 Å². The summed E-state index contributed by atoms with van der Waals surface area (Å²) in [6.45, 7) is -0.178. The van der Waals surface area contributed by atoms with Crippen molar-refractivity contribution in [2.75, 3.05) is 18.1 Å². The molecular formula is C13H14N2O4S. The topological polar surface area (TPSA) is 96.3 Å². The highest BCUT2D eigenvalue weighted by molar-refractivity contribution is 7.91. The molecule has 1 aliphatic rings. The first-order valence-corrected chi connectivity index (χ1v) is 7.93. The molecule has 1 aromatic rings. The van der Waals surface area contributed by atoms with Crippen LogP contribution in [0, 0.1) is 11.3 Å². The third-order valence-electron chi connectivity index (χ3n) is 2.95. The minimum atomic E-state index is -3.00. The van der Waals surface area contributed by atoms with Crippen molar-refractivity contribution in [1.29, 1.82) is 5.26 Å². The summed E-state index contributed by atoms with van der Waals surface area (Å²) in [7, 11) is -3.00. The summed E-state index contributed by atoms with van der Waals surface area (Å²) in [5.74, 6) is 0.249. The lowest BCUT2D eigenvalue weighted by atomic mass is 10.2. The Labute approximate surface area is 117 Å². The largest absolute Gasteiger partial charge is 0.484 e. The average Bonchev–Trinajstić information content (AvgIpc) is 2.76. The van der Waals surface area contributed by atoms with Crippen LogP contribution in [0.15, 0.2) is 24.3 Å². The van der Waals surface area contributed by atoms with Gasteiger partial charge in [-0.05, 0) is 30.7 Å². The lowest BCUT2D eigenvalue weighted by molar-refractivity contribution is -0.123. The average molecular weight is 294 g/mol. The Morgan fingerprint density at radius 2 is 2.10 bits per heavy atom. The van der Waals surface area contributed by atoms with Crippen molar-refractivity contribution in [1.82, 2.24) is 5.32 Å². The van der Waals surface area contributed by atoms with Gasteiger partial charge >= 0.3 is 0 Å². The van der Waals surface area contributed by atoms with Gasteiger partial charge in [0.2, 0.25) is 0 Å². The number of hydrogen-bond donors (Lipinski definition) is 1. The molecular weight excluding hydrogens is 280 g/mol. The fourth-order valence-electron chi connectivity index (χ4n) is 1.95. The second kappa shape index (κ2) is 5.92. The minimum Gasteiger partial charge on any atom is -0.484 e. The number of hydrogen-bond acceptors (Lipinski definition) is 5. The molecule has 7 heteroatoms. The second-order valence-corrected chi connectivity index (χ2v) is 6.82. The van der Waals surface area contributed by atoms with Gasteiger partial charge < -0.3 is 10.1 Å². The molecule has 1 aromatic carbocycles. The van der Waals surface area contributed by atoms with Crippen molar-refractivity contribution in [3.8, 4) is 11.8 Å². The number of rotatable bonds is 4. The van der Waals surface area contributed by atoms with E-state index in [0.29, 0.717) is 17.7 Å². The molecule has 1 heterocycles. The summed E-state index contributed by atoms with van der Waals surface area (Å²) in [6.07, 6.45) is 0.449. The molecule has 1 N–H and O–H groups in total. The number of nitrogens with zero attached hydrogens (tertiary/aromatic N) is 1. The Morgan fingerprint density at radius 1 is 1.40 bits per heavy atom. The van der Waals surface area contributed by atoms with Crippen molar-refractivity contribution in [3.63, 3.8) is 0 Å². The summed E-state index contributed by atoms with van der Waals surface area (Å²) in [4.78, 5) is 11.6. The van der Waals surface area contributed by atoms with E-state index >= 15 is 0 Å². The fourth-order valence-corrected chi connectivity index (χ4v) is 3.63. The van der Waals surface area contributed by atoms with Crippen LogP contribution in [0.1, 0.15) is 12.0 Å². The third-order valence-corrected chi connectivity index (χ3v) is 4.72. The SMILES string of the molecule is N#Cc1ccc(OCC(=O)N[C@H]2CCS(=O)(=O)C2)cc1. The lowest BCUT2D eigenvalue weighted by Crippen LogP contribution is -2.38. The molecule has 6 nitrogen and oxygen atoms in total. The molecule has 0 radical (unpaired) electrons. The van der Waals surface area contributed by atoms with Gasteiger partial charge in [-0.2, -0.15) is 5.26 Å². The number of amides is 1. The first-order chi connectivity index (χ1) is 9.48. The van der Waals surface area contributed by atoms with E-state index in [0.717, 1.165) is 0 Å². The quantitative estimate of drug-likeness (QED) is 0.858. The summed E-state index contributed by atoms with van der Waals surface area (Å²) in [5, 5.41) is 11.3. The van der Waals surface area contributed by atoms with Crippen LogP contribution in [0.2, 0.25) is 0 Å². The predicted molar refractivity (Wildman–Crippen MR) is 71.9 cm³/mol. The monoisotopic (exact) mass is 294 g/mol. The number of sulfone groups is 1. The lowest BCUT2D eigenvalue weighted by Gasteiger charge is -2.11. The molecule has 1 fully saturated rings. The zero-order valence-corrected chi connectivity index (χ0v) is 11.5. The summed E-state index contributed by atoms with van der Waals surface area (Å²) >= 11 is 0. The van der Waals surface area contributed by atoms with E-state index < -0.39 is 9.84 Å². The second-order valence-electron chi connectivity index (χ2n) is 4.59. The maximum absolute atomic E-state index is 11.6. The zero-order valence-electron chi connectivity index (χ0n) is 10.7. The summed E-state index contributed by atoms with van der Waals surface area (Å²) in [6, 6.07) is 8.06. The normalized spacial score (nSPS) is 20.1. The van der Waals surface area contributed by atoms with E-state index in [-0.39, 0.29) is 30.1 Å². The van der Waals surface area contributed by atoms with Crippen molar-refractivity contribution in [2.45, 2.75) is 12.5 Å². The number of benzene rings is 1. The molecule has 106 valence electrons. The number of carbonyl (C=O) groups excluding carboxylic acids is 1. The van der Waals surface area contributed by atoms with Gasteiger partial charge in [-0.1, -0.05) is 0 Å². The van der Waals surface area contributed by atoms with Crippen LogP contribution in [0.4, 0.5) is 0 Å². The Morgan fingerprint density at radius 3 is 2.65 bits per heavy atom. The van der Waals surface area contributed by atoms with Gasteiger partial charge in [-0.15, -0.1) is 0 Å². The first-order valence-electron chi connectivity index (χ1n) is 6.11. The molecule has 1 saturated heterocycles. The summed E-state index contributed by atoms with van der Waals surface area (Å²) < 4.78 is 27.8. The smallest absolute Gasteiger partial charge is 0.258 e. The zero-order chi connectivity index (χ0) is 14.6. The van der Waals surface area contributed by atoms with Crippen molar-refractivity contribution in [3.05, 3.63) is 29.8 Å². The molecule has 0 unspecified atom stereocenters. The highest BCUT2D eigenvalue weighted by Crippen LogP contribution is 2.12. The van der Waals surface area contributed by atoms with Crippen molar-refractivity contribution >= 4 is 15.7 Å². The van der Waals surface area contributed by atoms with E-state index in [1.165, 1.54) is 0 Å². The van der Waals surface area contributed by atoms with Gasteiger partial charge in [-0.3, -0.25) is 4.79 Å². The molecule has 20 heavy (non-hydrogen) atoms.